The van der Waals surface area contributed by atoms with Gasteiger partial charge in [0.05, 0.1) is 14.2 Å². The van der Waals surface area contributed by atoms with E-state index in [-0.39, 0.29) is 0 Å². The summed E-state index contributed by atoms with van der Waals surface area (Å²) in [5, 5.41) is 0. The molecule has 0 aliphatic carbocycles. The number of methoxy groups -OCH3 is 2. The lowest BCUT2D eigenvalue weighted by molar-refractivity contribution is 0.301. The third-order valence-electron chi connectivity index (χ3n) is 3.17. The highest BCUT2D eigenvalue weighted by molar-refractivity contribution is 14.1. The molecule has 0 unspecified atom stereocenters. The van der Waals surface area contributed by atoms with E-state index in [9.17, 15) is 0 Å². The molecule has 0 amide bonds. The Hall–Kier alpha value is -1.43. The Morgan fingerprint density at radius 1 is 0.952 bits per heavy atom. The zero-order valence-electron chi connectivity index (χ0n) is 12.5. The van der Waals surface area contributed by atoms with E-state index in [0.717, 1.165) is 27.2 Å². The molecule has 0 spiro atoms. The van der Waals surface area contributed by atoms with E-state index < -0.39 is 0 Å². The van der Waals surface area contributed by atoms with E-state index in [1.807, 2.05) is 24.3 Å². The van der Waals surface area contributed by atoms with Crippen LogP contribution in [0, 0.1) is 6.92 Å². The van der Waals surface area contributed by atoms with E-state index >= 15 is 0 Å². The maximum atomic E-state index is 5.95. The van der Waals surface area contributed by atoms with Crippen LogP contribution < -0.4 is 14.2 Å². The number of benzene rings is 2. The van der Waals surface area contributed by atoms with Crippen LogP contribution in [0.25, 0.3) is 0 Å². The van der Waals surface area contributed by atoms with Gasteiger partial charge in [-0.15, -0.1) is 0 Å². The van der Waals surface area contributed by atoms with Gasteiger partial charge in [0.2, 0.25) is 0 Å². The lowest BCUT2D eigenvalue weighted by Crippen LogP contribution is -1.99. The Labute approximate surface area is 139 Å². The summed E-state index contributed by atoms with van der Waals surface area (Å²) < 4.78 is 17.4. The third-order valence-corrected chi connectivity index (χ3v) is 3.99. The first-order valence-corrected chi connectivity index (χ1v) is 8.19. The van der Waals surface area contributed by atoms with Crippen LogP contribution in [0.4, 0.5) is 0 Å². The van der Waals surface area contributed by atoms with Gasteiger partial charge in [0, 0.05) is 16.1 Å². The molecule has 0 saturated carbocycles. The second-order valence-electron chi connectivity index (χ2n) is 4.75. The first-order chi connectivity index (χ1) is 10.2. The molecular weight excluding hydrogens is 379 g/mol. The van der Waals surface area contributed by atoms with Crippen LogP contribution in [0.3, 0.4) is 0 Å². The summed E-state index contributed by atoms with van der Waals surface area (Å²) in [6.07, 6.45) is 0. The van der Waals surface area contributed by atoms with Gasteiger partial charge < -0.3 is 14.2 Å². The van der Waals surface area contributed by atoms with Gasteiger partial charge in [0.1, 0.15) is 23.9 Å². The van der Waals surface area contributed by atoms with Crippen LogP contribution in [-0.2, 0) is 11.0 Å². The summed E-state index contributed by atoms with van der Waals surface area (Å²) in [6.45, 7) is 2.58. The molecule has 2 aromatic rings. The predicted molar refractivity (Wildman–Crippen MR) is 92.8 cm³/mol. The van der Waals surface area contributed by atoms with Gasteiger partial charge in [-0.2, -0.15) is 0 Å². The highest BCUT2D eigenvalue weighted by Crippen LogP contribution is 2.26. The Bertz CT molecular complexity index is 589. The van der Waals surface area contributed by atoms with Crippen LogP contribution in [-0.4, -0.2) is 14.2 Å². The molecule has 2 aromatic carbocycles. The molecule has 4 heteroatoms. The van der Waals surface area contributed by atoms with Gasteiger partial charge in [0.25, 0.3) is 0 Å². The van der Waals surface area contributed by atoms with Gasteiger partial charge >= 0.3 is 0 Å². The Kier molecular flexibility index (Phi) is 5.73. The van der Waals surface area contributed by atoms with E-state index in [0.29, 0.717) is 6.61 Å². The van der Waals surface area contributed by atoms with Gasteiger partial charge in [-0.25, -0.2) is 0 Å². The number of aryl methyl sites for hydroxylation is 1. The van der Waals surface area contributed by atoms with Crippen molar-refractivity contribution in [1.29, 1.82) is 0 Å². The molecule has 0 N–H and O–H groups in total. The van der Waals surface area contributed by atoms with Crippen LogP contribution in [0.5, 0.6) is 17.2 Å². The van der Waals surface area contributed by atoms with Crippen molar-refractivity contribution in [3.8, 4) is 17.2 Å². The first-order valence-electron chi connectivity index (χ1n) is 6.66. The summed E-state index contributed by atoms with van der Waals surface area (Å²) in [5.41, 5.74) is 3.48. The van der Waals surface area contributed by atoms with Crippen LogP contribution in [0.15, 0.2) is 36.4 Å². The number of halogens is 1. The van der Waals surface area contributed by atoms with Gasteiger partial charge in [0.15, 0.2) is 0 Å². The van der Waals surface area contributed by atoms with Crippen LogP contribution in [0.2, 0.25) is 0 Å². The number of hydrogen-bond acceptors (Lipinski definition) is 3. The van der Waals surface area contributed by atoms with E-state index in [1.165, 1.54) is 11.1 Å². The topological polar surface area (TPSA) is 27.7 Å². The monoisotopic (exact) mass is 398 g/mol. The molecule has 0 heterocycles. The van der Waals surface area contributed by atoms with Crippen molar-refractivity contribution in [2.75, 3.05) is 14.2 Å². The standard InChI is InChI=1S/C17H19IO3/c1-12-4-5-17(14(6-12)10-18)21-11-13-7-15(19-2)9-16(8-13)20-3/h4-9H,10-11H2,1-3H3. The predicted octanol–water partition coefficient (Wildman–Crippen LogP) is 4.53. The minimum atomic E-state index is 0.486. The summed E-state index contributed by atoms with van der Waals surface area (Å²) in [5.74, 6) is 2.47. The molecule has 21 heavy (non-hydrogen) atoms. The second kappa shape index (κ2) is 7.54. The maximum absolute atomic E-state index is 5.95. The molecule has 0 saturated heterocycles. The van der Waals surface area contributed by atoms with Crippen molar-refractivity contribution in [1.82, 2.24) is 0 Å². The Morgan fingerprint density at radius 2 is 1.62 bits per heavy atom. The average molecular weight is 398 g/mol. The molecule has 0 radical (unpaired) electrons. The zero-order valence-corrected chi connectivity index (χ0v) is 14.6. The average Bonchev–Trinajstić information content (AvgIpc) is 2.53. The van der Waals surface area contributed by atoms with Crippen molar-refractivity contribution in [3.63, 3.8) is 0 Å². The fourth-order valence-corrected chi connectivity index (χ4v) is 2.66. The normalized spacial score (nSPS) is 10.3. The van der Waals surface area contributed by atoms with Crippen LogP contribution >= 0.6 is 22.6 Å². The van der Waals surface area contributed by atoms with E-state index in [2.05, 4.69) is 41.6 Å². The van der Waals surface area contributed by atoms with E-state index in [1.54, 1.807) is 14.2 Å². The Morgan fingerprint density at radius 3 is 2.19 bits per heavy atom. The largest absolute Gasteiger partial charge is 0.497 e. The molecule has 3 nitrogen and oxygen atoms in total. The number of alkyl halides is 1. The molecule has 0 aliphatic rings. The minimum absolute atomic E-state index is 0.486. The highest BCUT2D eigenvalue weighted by Gasteiger charge is 2.06. The smallest absolute Gasteiger partial charge is 0.123 e. The van der Waals surface area contributed by atoms with Crippen molar-refractivity contribution in [2.45, 2.75) is 18.0 Å². The van der Waals surface area contributed by atoms with Crippen LogP contribution in [0.1, 0.15) is 16.7 Å². The van der Waals surface area contributed by atoms with E-state index in [4.69, 9.17) is 14.2 Å². The Balaban J connectivity index is 2.16. The minimum Gasteiger partial charge on any atom is -0.497 e. The molecule has 112 valence electrons. The van der Waals surface area contributed by atoms with Crippen molar-refractivity contribution >= 4 is 22.6 Å². The van der Waals surface area contributed by atoms with Crippen molar-refractivity contribution < 1.29 is 14.2 Å². The molecule has 0 atom stereocenters. The van der Waals surface area contributed by atoms with Gasteiger partial charge in [-0.3, -0.25) is 0 Å². The lowest BCUT2D eigenvalue weighted by atomic mass is 10.1. The molecule has 0 bridgehead atoms. The van der Waals surface area contributed by atoms with Gasteiger partial charge in [-0.1, -0.05) is 40.3 Å². The second-order valence-corrected chi connectivity index (χ2v) is 5.52. The fraction of sp³-hybridized carbons (Fsp3) is 0.294. The molecule has 0 aromatic heterocycles. The molecule has 2 rings (SSSR count). The highest BCUT2D eigenvalue weighted by atomic mass is 127. The van der Waals surface area contributed by atoms with Crippen molar-refractivity contribution in [2.24, 2.45) is 0 Å². The quantitative estimate of drug-likeness (QED) is 0.529. The molecular formula is C17H19IO3. The maximum Gasteiger partial charge on any atom is 0.123 e. The fourth-order valence-electron chi connectivity index (χ4n) is 2.06. The SMILES string of the molecule is COc1cc(COc2ccc(C)cc2CI)cc(OC)c1. The first kappa shape index (κ1) is 15.9. The summed E-state index contributed by atoms with van der Waals surface area (Å²) in [6, 6.07) is 12.0. The summed E-state index contributed by atoms with van der Waals surface area (Å²) in [4.78, 5) is 0. The van der Waals surface area contributed by atoms with Gasteiger partial charge in [-0.05, 0) is 30.7 Å². The molecule has 0 fully saturated rings. The number of ether oxygens (including phenoxy) is 3. The zero-order chi connectivity index (χ0) is 15.2. The summed E-state index contributed by atoms with van der Waals surface area (Å²) >= 11 is 2.35. The number of rotatable bonds is 6. The van der Waals surface area contributed by atoms with Crippen molar-refractivity contribution in [3.05, 3.63) is 53.1 Å². The summed E-state index contributed by atoms with van der Waals surface area (Å²) in [7, 11) is 3.29. The lowest BCUT2D eigenvalue weighted by Gasteiger charge is -2.12. The number of hydrogen-bond donors (Lipinski definition) is 0. The molecule has 0 aliphatic heterocycles. The third kappa shape index (κ3) is 4.27.